The Kier molecular flexibility index (Phi) is 3.84. The van der Waals surface area contributed by atoms with E-state index in [0.29, 0.717) is 11.0 Å². The van der Waals surface area contributed by atoms with Gasteiger partial charge >= 0.3 is 0 Å². The first-order valence-corrected chi connectivity index (χ1v) is 7.33. The molecule has 0 aliphatic rings. The number of hydrogen-bond acceptors (Lipinski definition) is 3. The molecule has 0 saturated carbocycles. The van der Waals surface area contributed by atoms with Gasteiger partial charge < -0.3 is 5.32 Å². The number of aryl methyl sites for hydroxylation is 1. The van der Waals surface area contributed by atoms with Crippen molar-refractivity contribution in [3.8, 4) is 0 Å². The van der Waals surface area contributed by atoms with E-state index in [-0.39, 0.29) is 5.82 Å². The minimum atomic E-state index is -0.261. The second kappa shape index (κ2) is 5.77. The lowest BCUT2D eigenvalue weighted by atomic mass is 10.2. The zero-order chi connectivity index (χ0) is 14.8. The van der Waals surface area contributed by atoms with E-state index in [9.17, 15) is 4.39 Å². The third kappa shape index (κ3) is 3.03. The number of rotatable bonds is 3. The van der Waals surface area contributed by atoms with Gasteiger partial charge in [-0.2, -0.15) is 0 Å². The molecule has 0 unspecified atom stereocenters. The maximum atomic E-state index is 13.4. The van der Waals surface area contributed by atoms with Crippen molar-refractivity contribution in [3.63, 3.8) is 0 Å². The van der Waals surface area contributed by atoms with Gasteiger partial charge in [0.05, 0.1) is 33.9 Å². The van der Waals surface area contributed by atoms with Crippen LogP contribution in [0.15, 0.2) is 47.1 Å². The largest absolute Gasteiger partial charge is 0.379 e. The molecule has 0 aliphatic carbocycles. The van der Waals surface area contributed by atoms with Crippen molar-refractivity contribution < 1.29 is 4.39 Å². The molecule has 0 saturated heterocycles. The van der Waals surface area contributed by atoms with Gasteiger partial charge in [0.15, 0.2) is 0 Å². The van der Waals surface area contributed by atoms with Gasteiger partial charge in [-0.15, -0.1) is 0 Å². The number of anilines is 1. The lowest BCUT2D eigenvalue weighted by Gasteiger charge is -2.10. The number of hydrogen-bond donors (Lipinski definition) is 1. The highest BCUT2D eigenvalue weighted by Crippen LogP contribution is 2.24. The minimum absolute atomic E-state index is 0.261. The summed E-state index contributed by atoms with van der Waals surface area (Å²) in [4.78, 5) is 8.92. The van der Waals surface area contributed by atoms with Crippen molar-refractivity contribution in [2.75, 3.05) is 5.32 Å². The molecule has 5 heteroatoms. The molecule has 3 aromatic rings. The normalized spacial score (nSPS) is 10.8. The van der Waals surface area contributed by atoms with Gasteiger partial charge in [-0.05, 0) is 52.7 Å². The predicted molar refractivity (Wildman–Crippen MR) is 85.7 cm³/mol. The maximum absolute atomic E-state index is 13.4. The monoisotopic (exact) mass is 345 g/mol. The van der Waals surface area contributed by atoms with Crippen LogP contribution in [0.1, 0.15) is 11.3 Å². The molecule has 0 radical (unpaired) electrons. The molecule has 3 nitrogen and oxygen atoms in total. The molecule has 1 heterocycles. The first-order chi connectivity index (χ1) is 10.1. The summed E-state index contributed by atoms with van der Waals surface area (Å²) in [5.41, 5.74) is 4.31. The second-order valence-electron chi connectivity index (χ2n) is 4.78. The van der Waals surface area contributed by atoms with Crippen LogP contribution in [0.2, 0.25) is 0 Å². The van der Waals surface area contributed by atoms with E-state index in [2.05, 4.69) is 31.2 Å². The Morgan fingerprint density at radius 2 is 1.95 bits per heavy atom. The Hall–Kier alpha value is -2.01. The fraction of sp³-hybridized carbons (Fsp3) is 0.125. The lowest BCUT2D eigenvalue weighted by Crippen LogP contribution is -2.04. The molecule has 0 atom stereocenters. The van der Waals surface area contributed by atoms with Gasteiger partial charge in [0, 0.05) is 5.69 Å². The zero-order valence-electron chi connectivity index (χ0n) is 11.4. The molecule has 3 rings (SSSR count). The highest BCUT2D eigenvalue weighted by molar-refractivity contribution is 9.10. The zero-order valence-corrected chi connectivity index (χ0v) is 13.0. The molecular weight excluding hydrogens is 333 g/mol. The second-order valence-corrected chi connectivity index (χ2v) is 5.64. The van der Waals surface area contributed by atoms with Crippen LogP contribution >= 0.6 is 15.9 Å². The summed E-state index contributed by atoms with van der Waals surface area (Å²) in [6.07, 6.45) is 1.75. The summed E-state index contributed by atoms with van der Waals surface area (Å²) in [6, 6.07) is 11.0. The minimum Gasteiger partial charge on any atom is -0.379 e. The highest BCUT2D eigenvalue weighted by atomic mass is 79.9. The van der Waals surface area contributed by atoms with E-state index < -0.39 is 0 Å². The number of aromatic nitrogens is 2. The SMILES string of the molecule is Cc1cc(F)c(Br)cc1NCc1cnc2ccccc2n1. The molecule has 0 amide bonds. The van der Waals surface area contributed by atoms with Gasteiger partial charge in [0.25, 0.3) is 0 Å². The van der Waals surface area contributed by atoms with Crippen LogP contribution < -0.4 is 5.32 Å². The van der Waals surface area contributed by atoms with Crippen LogP contribution in [0.3, 0.4) is 0 Å². The third-order valence-electron chi connectivity index (χ3n) is 3.23. The van der Waals surface area contributed by atoms with E-state index in [0.717, 1.165) is 28.0 Å². The van der Waals surface area contributed by atoms with Crippen molar-refractivity contribution >= 4 is 32.7 Å². The summed E-state index contributed by atoms with van der Waals surface area (Å²) < 4.78 is 13.8. The van der Waals surface area contributed by atoms with Crippen LogP contribution in [-0.4, -0.2) is 9.97 Å². The third-order valence-corrected chi connectivity index (χ3v) is 3.83. The van der Waals surface area contributed by atoms with Crippen LogP contribution in [0.4, 0.5) is 10.1 Å². The van der Waals surface area contributed by atoms with E-state index >= 15 is 0 Å². The average molecular weight is 346 g/mol. The van der Waals surface area contributed by atoms with Crippen molar-refractivity contribution in [1.29, 1.82) is 0 Å². The summed E-state index contributed by atoms with van der Waals surface area (Å²) in [7, 11) is 0. The Morgan fingerprint density at radius 3 is 2.76 bits per heavy atom. The fourth-order valence-corrected chi connectivity index (χ4v) is 2.45. The molecule has 106 valence electrons. The molecule has 2 aromatic carbocycles. The van der Waals surface area contributed by atoms with Crippen LogP contribution in [0, 0.1) is 12.7 Å². The first kappa shape index (κ1) is 13.9. The van der Waals surface area contributed by atoms with Gasteiger partial charge in [-0.25, -0.2) is 9.37 Å². The predicted octanol–water partition coefficient (Wildman–Crippen LogP) is 4.45. The number of nitrogens with one attached hydrogen (secondary N) is 1. The average Bonchev–Trinajstić information content (AvgIpc) is 2.49. The number of benzene rings is 2. The molecule has 0 fully saturated rings. The molecule has 0 bridgehead atoms. The first-order valence-electron chi connectivity index (χ1n) is 6.53. The van der Waals surface area contributed by atoms with Crippen molar-refractivity contribution in [1.82, 2.24) is 9.97 Å². The van der Waals surface area contributed by atoms with Crippen LogP contribution in [0.25, 0.3) is 11.0 Å². The van der Waals surface area contributed by atoms with E-state index in [1.54, 1.807) is 12.3 Å². The summed E-state index contributed by atoms with van der Waals surface area (Å²) in [5.74, 6) is -0.261. The standard InChI is InChI=1S/C16H13BrFN3/c1-10-6-13(18)12(17)7-16(10)20-9-11-8-19-14-4-2-3-5-15(14)21-11/h2-8,20H,9H2,1H3. The number of halogens is 2. The smallest absolute Gasteiger partial charge is 0.137 e. The lowest BCUT2D eigenvalue weighted by molar-refractivity contribution is 0.620. The van der Waals surface area contributed by atoms with Crippen molar-refractivity contribution in [2.24, 2.45) is 0 Å². The van der Waals surface area contributed by atoms with Gasteiger partial charge in [-0.1, -0.05) is 12.1 Å². The molecule has 1 aromatic heterocycles. The fourth-order valence-electron chi connectivity index (χ4n) is 2.10. The number of para-hydroxylation sites is 2. The maximum Gasteiger partial charge on any atom is 0.137 e. The molecule has 1 N–H and O–H groups in total. The Labute approximate surface area is 130 Å². The van der Waals surface area contributed by atoms with Crippen molar-refractivity contribution in [3.05, 3.63) is 64.1 Å². The Balaban J connectivity index is 1.81. The topological polar surface area (TPSA) is 37.8 Å². The van der Waals surface area contributed by atoms with Gasteiger partial charge in [-0.3, -0.25) is 4.98 Å². The summed E-state index contributed by atoms with van der Waals surface area (Å²) in [6.45, 7) is 2.40. The molecule has 21 heavy (non-hydrogen) atoms. The molecule has 0 aliphatic heterocycles. The summed E-state index contributed by atoms with van der Waals surface area (Å²) >= 11 is 3.20. The van der Waals surface area contributed by atoms with E-state index in [4.69, 9.17) is 0 Å². The Morgan fingerprint density at radius 1 is 1.19 bits per heavy atom. The molecular formula is C16H13BrFN3. The van der Waals surface area contributed by atoms with E-state index in [1.165, 1.54) is 6.07 Å². The van der Waals surface area contributed by atoms with Gasteiger partial charge in [0.2, 0.25) is 0 Å². The quantitative estimate of drug-likeness (QED) is 0.761. The molecule has 0 spiro atoms. The highest BCUT2D eigenvalue weighted by Gasteiger charge is 2.06. The Bertz CT molecular complexity index is 805. The van der Waals surface area contributed by atoms with Gasteiger partial charge in [0.1, 0.15) is 5.82 Å². The van der Waals surface area contributed by atoms with Crippen LogP contribution in [-0.2, 0) is 6.54 Å². The summed E-state index contributed by atoms with van der Waals surface area (Å²) in [5, 5.41) is 3.26. The number of fused-ring (bicyclic) bond motifs is 1. The number of nitrogens with zero attached hydrogens (tertiary/aromatic N) is 2. The van der Waals surface area contributed by atoms with Crippen molar-refractivity contribution in [2.45, 2.75) is 13.5 Å². The van der Waals surface area contributed by atoms with Crippen LogP contribution in [0.5, 0.6) is 0 Å². The van der Waals surface area contributed by atoms with E-state index in [1.807, 2.05) is 31.2 Å².